The fourth-order valence-electron chi connectivity index (χ4n) is 4.04. The molecule has 4 aromatic carbocycles. The predicted molar refractivity (Wildman–Crippen MR) is 150 cm³/mol. The predicted octanol–water partition coefficient (Wildman–Crippen LogP) is 7.41. The van der Waals surface area contributed by atoms with E-state index in [4.69, 9.17) is 34.8 Å². The molecule has 4 rings (SSSR count). The summed E-state index contributed by atoms with van der Waals surface area (Å²) in [7, 11) is 0. The van der Waals surface area contributed by atoms with Crippen LogP contribution in [-0.2, 0) is 29.1 Å². The Hall–Kier alpha value is -3.38. The molecule has 0 spiro atoms. The van der Waals surface area contributed by atoms with E-state index in [0.29, 0.717) is 31.8 Å². The topological polar surface area (TPSA) is 49.4 Å². The minimum Gasteiger partial charge on any atom is -0.350 e. The number of amides is 2. The Bertz CT molecular complexity index is 1400. The van der Waals surface area contributed by atoms with Crippen LogP contribution in [-0.4, -0.2) is 16.7 Å². The lowest BCUT2D eigenvalue weighted by atomic mass is 10.0. The second-order valence-electron chi connectivity index (χ2n) is 8.72. The second-order valence-corrected chi connectivity index (χ2v) is 10.00. The van der Waals surface area contributed by atoms with Gasteiger partial charge in [-0.3, -0.25) is 9.59 Å². The number of halogens is 4. The van der Waals surface area contributed by atoms with Crippen molar-refractivity contribution in [3.8, 4) is 0 Å². The Morgan fingerprint density at radius 1 is 0.789 bits per heavy atom. The molecule has 0 fully saturated rings. The summed E-state index contributed by atoms with van der Waals surface area (Å²) in [6.07, 6.45) is 0.0536. The maximum absolute atomic E-state index is 13.8. The number of carbonyl (C=O) groups excluding carboxylic acids is 2. The smallest absolute Gasteiger partial charge is 0.247 e. The van der Waals surface area contributed by atoms with Crippen LogP contribution in [0.4, 0.5) is 4.39 Å². The highest BCUT2D eigenvalue weighted by Gasteiger charge is 2.31. The highest BCUT2D eigenvalue weighted by molar-refractivity contribution is 6.35. The molecule has 0 saturated carbocycles. The summed E-state index contributed by atoms with van der Waals surface area (Å²) in [6.45, 7) is 0.245. The van der Waals surface area contributed by atoms with Gasteiger partial charge >= 0.3 is 0 Å². The minimum absolute atomic E-state index is 0.0536. The van der Waals surface area contributed by atoms with Crippen molar-refractivity contribution in [2.75, 3.05) is 0 Å². The van der Waals surface area contributed by atoms with Crippen LogP contribution in [0.5, 0.6) is 0 Å². The van der Waals surface area contributed by atoms with Crippen molar-refractivity contribution in [2.45, 2.75) is 25.6 Å². The van der Waals surface area contributed by atoms with Crippen LogP contribution in [0, 0.1) is 5.82 Å². The van der Waals surface area contributed by atoms with Crippen LogP contribution in [0.3, 0.4) is 0 Å². The van der Waals surface area contributed by atoms with Crippen molar-refractivity contribution in [2.24, 2.45) is 0 Å². The number of hydrogen-bond donors (Lipinski definition) is 1. The third-order valence-corrected chi connectivity index (χ3v) is 6.84. The lowest BCUT2D eigenvalue weighted by Gasteiger charge is -2.32. The fourth-order valence-corrected chi connectivity index (χ4v) is 4.64. The Labute approximate surface area is 236 Å². The Kier molecular flexibility index (Phi) is 9.40. The zero-order valence-corrected chi connectivity index (χ0v) is 22.5. The molecule has 0 unspecified atom stereocenters. The molecule has 4 aromatic rings. The molecule has 2 amide bonds. The van der Waals surface area contributed by atoms with Gasteiger partial charge in [0.1, 0.15) is 11.9 Å². The molecule has 0 bridgehead atoms. The van der Waals surface area contributed by atoms with Crippen molar-refractivity contribution < 1.29 is 14.0 Å². The van der Waals surface area contributed by atoms with E-state index in [1.54, 1.807) is 66.7 Å². The average molecular weight is 570 g/mol. The third-order valence-electron chi connectivity index (χ3n) is 6.00. The van der Waals surface area contributed by atoms with Crippen LogP contribution < -0.4 is 5.32 Å². The molecule has 0 radical (unpaired) electrons. The number of benzene rings is 4. The SMILES string of the molecule is O=C(NCc1ccc(Cl)cc1Cl)[C@H](c1ccccc1)N(Cc1ccc(F)cc1)C(=O)Cc1ccc(Cl)cc1. The Morgan fingerprint density at radius 2 is 1.42 bits per heavy atom. The molecule has 1 N–H and O–H groups in total. The first-order valence-corrected chi connectivity index (χ1v) is 13.0. The van der Waals surface area contributed by atoms with Crippen molar-refractivity contribution in [3.05, 3.63) is 140 Å². The fraction of sp³-hybridized carbons (Fsp3) is 0.133. The van der Waals surface area contributed by atoms with Gasteiger partial charge in [-0.15, -0.1) is 0 Å². The zero-order chi connectivity index (χ0) is 27.1. The molecule has 0 saturated heterocycles. The molecule has 0 aliphatic heterocycles. The third kappa shape index (κ3) is 7.35. The standard InChI is InChI=1S/C30H24Cl3FN2O2/c31-24-11-6-20(7-12-24)16-28(37)36(19-21-8-14-26(34)15-9-21)29(22-4-2-1-3-5-22)30(38)35-18-23-10-13-25(32)17-27(23)33/h1-15,17,29H,16,18-19H2,(H,35,38)/t29-/m0/s1. The van der Waals surface area contributed by atoms with Gasteiger partial charge in [0.2, 0.25) is 11.8 Å². The average Bonchev–Trinajstić information content (AvgIpc) is 2.91. The van der Waals surface area contributed by atoms with Crippen LogP contribution in [0.15, 0.2) is 97.1 Å². The molecular weight excluding hydrogens is 546 g/mol. The number of hydrogen-bond acceptors (Lipinski definition) is 2. The summed E-state index contributed by atoms with van der Waals surface area (Å²) in [5.41, 5.74) is 2.77. The second kappa shape index (κ2) is 12.9. The molecule has 194 valence electrons. The highest BCUT2D eigenvalue weighted by Crippen LogP contribution is 2.26. The van der Waals surface area contributed by atoms with E-state index in [0.717, 1.165) is 5.56 Å². The number of nitrogens with one attached hydrogen (secondary N) is 1. The maximum Gasteiger partial charge on any atom is 0.247 e. The summed E-state index contributed by atoms with van der Waals surface area (Å²) >= 11 is 18.3. The molecule has 0 heterocycles. The van der Waals surface area contributed by atoms with Gasteiger partial charge in [0.15, 0.2) is 0 Å². The molecular formula is C30H24Cl3FN2O2. The van der Waals surface area contributed by atoms with Crippen molar-refractivity contribution in [1.29, 1.82) is 0 Å². The van der Waals surface area contributed by atoms with Crippen LogP contribution >= 0.6 is 34.8 Å². The molecule has 0 aliphatic carbocycles. The van der Waals surface area contributed by atoms with Crippen molar-refractivity contribution in [3.63, 3.8) is 0 Å². The van der Waals surface area contributed by atoms with E-state index in [1.165, 1.54) is 17.0 Å². The normalized spacial score (nSPS) is 11.6. The summed E-state index contributed by atoms with van der Waals surface area (Å²) < 4.78 is 13.6. The highest BCUT2D eigenvalue weighted by atomic mass is 35.5. The quantitative estimate of drug-likeness (QED) is 0.228. The molecule has 0 aliphatic rings. The van der Waals surface area contributed by atoms with Gasteiger partial charge in [-0.2, -0.15) is 0 Å². The van der Waals surface area contributed by atoms with E-state index in [1.807, 2.05) is 18.2 Å². The van der Waals surface area contributed by atoms with Crippen LogP contribution in [0.2, 0.25) is 15.1 Å². The van der Waals surface area contributed by atoms with Gasteiger partial charge in [-0.05, 0) is 58.7 Å². The van der Waals surface area contributed by atoms with E-state index >= 15 is 0 Å². The van der Waals surface area contributed by atoms with Gasteiger partial charge in [0, 0.05) is 28.2 Å². The monoisotopic (exact) mass is 568 g/mol. The molecule has 0 aromatic heterocycles. The number of carbonyl (C=O) groups is 2. The number of nitrogens with zero attached hydrogens (tertiary/aromatic N) is 1. The summed E-state index contributed by atoms with van der Waals surface area (Å²) in [5, 5.41) is 4.40. The van der Waals surface area contributed by atoms with E-state index < -0.39 is 6.04 Å². The first kappa shape index (κ1) is 27.6. The van der Waals surface area contributed by atoms with E-state index in [2.05, 4.69) is 5.32 Å². The van der Waals surface area contributed by atoms with Crippen molar-refractivity contribution >= 4 is 46.6 Å². The summed E-state index contributed by atoms with van der Waals surface area (Å²) in [4.78, 5) is 29.0. The molecule has 8 heteroatoms. The number of rotatable bonds is 9. The summed E-state index contributed by atoms with van der Waals surface area (Å²) in [5.74, 6) is -1.04. The maximum atomic E-state index is 13.8. The van der Waals surface area contributed by atoms with Crippen molar-refractivity contribution in [1.82, 2.24) is 10.2 Å². The lowest BCUT2D eigenvalue weighted by Crippen LogP contribution is -2.43. The lowest BCUT2D eigenvalue weighted by molar-refractivity contribution is -0.141. The summed E-state index contributed by atoms with van der Waals surface area (Å²) in [6, 6.07) is 26.0. The van der Waals surface area contributed by atoms with Gasteiger partial charge < -0.3 is 10.2 Å². The van der Waals surface area contributed by atoms with Gasteiger partial charge in [0.05, 0.1) is 6.42 Å². The van der Waals surface area contributed by atoms with Crippen LogP contribution in [0.1, 0.15) is 28.3 Å². The Morgan fingerprint density at radius 3 is 2.08 bits per heavy atom. The zero-order valence-electron chi connectivity index (χ0n) is 20.2. The molecule has 4 nitrogen and oxygen atoms in total. The first-order valence-electron chi connectivity index (χ1n) is 11.8. The van der Waals surface area contributed by atoms with Gasteiger partial charge in [-0.1, -0.05) is 95.5 Å². The Balaban J connectivity index is 1.67. The minimum atomic E-state index is -0.952. The van der Waals surface area contributed by atoms with Crippen LogP contribution in [0.25, 0.3) is 0 Å². The van der Waals surface area contributed by atoms with E-state index in [9.17, 15) is 14.0 Å². The van der Waals surface area contributed by atoms with Gasteiger partial charge in [0.25, 0.3) is 0 Å². The first-order chi connectivity index (χ1) is 18.3. The molecule has 1 atom stereocenters. The van der Waals surface area contributed by atoms with Gasteiger partial charge in [-0.25, -0.2) is 4.39 Å². The molecule has 38 heavy (non-hydrogen) atoms. The largest absolute Gasteiger partial charge is 0.350 e. The van der Waals surface area contributed by atoms with E-state index in [-0.39, 0.29) is 37.1 Å².